The van der Waals surface area contributed by atoms with E-state index < -0.39 is 0 Å². The first-order chi connectivity index (χ1) is 20.1. The van der Waals surface area contributed by atoms with Crippen LogP contribution in [0.3, 0.4) is 0 Å². The molecule has 244 valence electrons. The molecular weight excluding hydrogens is 883 g/mol. The number of hydrogen-bond donors (Lipinski definition) is 0. The number of anilines is 2. The summed E-state index contributed by atoms with van der Waals surface area (Å²) in [7, 11) is 20.6. The molecule has 3 aromatic carbocycles. The van der Waals surface area contributed by atoms with Crippen molar-refractivity contribution in [2.45, 2.75) is 6.92 Å². The maximum Gasteiger partial charge on any atom is -0.0380 e. The number of rotatable bonds is 15. The zero-order valence-corrected chi connectivity index (χ0v) is 34.9. The summed E-state index contributed by atoms with van der Waals surface area (Å²) in [5.41, 5.74) is 7.51. The predicted octanol–water partition coefficient (Wildman–Crippen LogP) is -2.34. The Hall–Kier alpha value is -1.19. The summed E-state index contributed by atoms with van der Waals surface area (Å²) in [4.78, 5) is 5.06. The molecule has 0 radical (unpaired) electrons. The first kappa shape index (κ1) is 39.0. The molecule has 0 aromatic heterocycles. The SMILES string of the molecule is CCN(C[N+](C)(C)C)c1ccc(/C=C/c2ccc(/C=C/c3ccc(N(C[I-][N+](C)(C)C)C[I-][N+](C)(C)C)cc3)cc2)cc1.[I-]. The summed E-state index contributed by atoms with van der Waals surface area (Å²) in [6.45, 7) is 4.22. The molecule has 0 heterocycles. The summed E-state index contributed by atoms with van der Waals surface area (Å²) in [6, 6.07) is 26.8. The van der Waals surface area contributed by atoms with Crippen molar-refractivity contribution in [1.82, 2.24) is 0 Å². The van der Waals surface area contributed by atoms with Crippen molar-refractivity contribution < 1.29 is 76.8 Å². The van der Waals surface area contributed by atoms with E-state index in [-0.39, 0.29) is 66.9 Å². The maximum absolute atomic E-state index is 2.63. The van der Waals surface area contributed by atoms with Gasteiger partial charge in [0.2, 0.25) is 0 Å². The number of alkyl halides is 2. The van der Waals surface area contributed by atoms with Crippen molar-refractivity contribution in [3.63, 3.8) is 0 Å². The van der Waals surface area contributed by atoms with Crippen LogP contribution in [0.1, 0.15) is 29.2 Å². The minimum absolute atomic E-state index is 0. The number of benzene rings is 3. The van der Waals surface area contributed by atoms with Crippen LogP contribution in [-0.2, 0) is 0 Å². The molecule has 0 saturated carbocycles. The first-order valence-electron chi connectivity index (χ1n) is 14.9. The van der Waals surface area contributed by atoms with E-state index in [4.69, 9.17) is 0 Å². The summed E-state index contributed by atoms with van der Waals surface area (Å²) in [5, 5.41) is 0. The standard InChI is InChI=1S/C36H54I2N5.HI/c1-11-39(30-41(2,3)4)35-24-20-33(21-25-35)18-16-31-12-14-32(15-13-31)17-19-34-22-26-36(27-23-34)40(28-37-42(5,6)7)29-38-43(8,9)10;/h12-27H,11,28-30H2,1-10H3;1H/q+1;/p-1/b18-16+,19-17+;. The molecular formula is C36H54I3N5. The van der Waals surface area contributed by atoms with Gasteiger partial charge < -0.3 is 33.4 Å². The van der Waals surface area contributed by atoms with E-state index >= 15 is 0 Å². The molecule has 0 aliphatic heterocycles. The second-order valence-electron chi connectivity index (χ2n) is 13.5. The van der Waals surface area contributed by atoms with Crippen molar-refractivity contribution in [3.05, 3.63) is 95.1 Å². The Morgan fingerprint density at radius 1 is 0.500 bits per heavy atom. The maximum atomic E-state index is 2.63. The number of nitrogens with zero attached hydrogens (tertiary/aromatic N) is 5. The second kappa shape index (κ2) is 17.7. The zero-order valence-electron chi connectivity index (χ0n) is 28.4. The van der Waals surface area contributed by atoms with Crippen LogP contribution in [0.25, 0.3) is 24.3 Å². The van der Waals surface area contributed by atoms with Gasteiger partial charge in [-0.05, 0) is 24.6 Å². The summed E-state index contributed by atoms with van der Waals surface area (Å²) in [5.74, 6) is 0. The molecule has 0 saturated heterocycles. The fourth-order valence-corrected chi connectivity index (χ4v) is 8.95. The molecule has 3 aromatic rings. The molecule has 44 heavy (non-hydrogen) atoms. The molecule has 0 bridgehead atoms. The zero-order chi connectivity index (χ0) is 31.7. The summed E-state index contributed by atoms with van der Waals surface area (Å²) < 4.78 is 5.49. The summed E-state index contributed by atoms with van der Waals surface area (Å²) >= 11 is 0.0897. The molecule has 5 nitrogen and oxygen atoms in total. The van der Waals surface area contributed by atoms with Gasteiger partial charge in [-0.25, -0.2) is 0 Å². The fraction of sp³-hybridized carbons (Fsp3) is 0.389. The Labute approximate surface area is 307 Å². The number of quaternary nitrogens is 3. The van der Waals surface area contributed by atoms with Gasteiger partial charge in [-0.3, -0.25) is 0 Å². The van der Waals surface area contributed by atoms with Crippen LogP contribution in [0.5, 0.6) is 0 Å². The number of halogens is 3. The van der Waals surface area contributed by atoms with Crippen LogP contribution in [0, 0.1) is 0 Å². The van der Waals surface area contributed by atoms with Crippen LogP contribution in [0.2, 0.25) is 0 Å². The van der Waals surface area contributed by atoms with Gasteiger partial charge in [0, 0.05) is 12.2 Å². The van der Waals surface area contributed by atoms with E-state index in [0.717, 1.165) is 23.1 Å². The van der Waals surface area contributed by atoms with E-state index in [2.05, 4.69) is 177 Å². The Bertz CT molecular complexity index is 1300. The third-order valence-corrected chi connectivity index (χ3v) is 12.8. The molecule has 0 aliphatic rings. The minimum Gasteiger partial charge on any atom is -1.00 e. The monoisotopic (exact) mass is 937 g/mol. The van der Waals surface area contributed by atoms with Gasteiger partial charge in [-0.1, -0.05) is 24.3 Å². The Balaban J connectivity index is 0.00000675. The first-order valence-corrected chi connectivity index (χ1v) is 19.9. The Morgan fingerprint density at radius 2 is 0.795 bits per heavy atom. The fourth-order valence-electron chi connectivity index (χ4n) is 4.19. The van der Waals surface area contributed by atoms with Gasteiger partial charge >= 0.3 is 188 Å². The molecule has 0 N–H and O–H groups in total. The van der Waals surface area contributed by atoms with Crippen molar-refractivity contribution in [3.8, 4) is 0 Å². The second-order valence-corrected chi connectivity index (χ2v) is 22.0. The van der Waals surface area contributed by atoms with Crippen molar-refractivity contribution in [2.24, 2.45) is 0 Å². The van der Waals surface area contributed by atoms with E-state index in [1.165, 1.54) is 42.7 Å². The minimum atomic E-state index is 0. The third-order valence-electron chi connectivity index (χ3n) is 6.48. The largest absolute Gasteiger partial charge is 1.00 e. The molecule has 0 unspecified atom stereocenters. The molecule has 0 amide bonds. The van der Waals surface area contributed by atoms with Gasteiger partial charge in [-0.2, -0.15) is 0 Å². The Kier molecular flexibility index (Phi) is 15.6. The molecule has 0 aliphatic carbocycles. The van der Waals surface area contributed by atoms with Crippen LogP contribution in [0.4, 0.5) is 11.4 Å². The van der Waals surface area contributed by atoms with Crippen molar-refractivity contribution in [2.75, 3.05) is 95.5 Å². The van der Waals surface area contributed by atoms with Gasteiger partial charge in [-0.15, -0.1) is 0 Å². The van der Waals surface area contributed by atoms with E-state index in [1.807, 2.05) is 0 Å². The van der Waals surface area contributed by atoms with E-state index in [1.54, 1.807) is 0 Å². The van der Waals surface area contributed by atoms with E-state index in [0.29, 0.717) is 0 Å². The van der Waals surface area contributed by atoms with Crippen LogP contribution in [-0.4, -0.2) is 95.6 Å². The predicted molar refractivity (Wildman–Crippen MR) is 181 cm³/mol. The molecule has 0 spiro atoms. The topological polar surface area (TPSA) is 6.48 Å². The van der Waals surface area contributed by atoms with Gasteiger partial charge in [0.05, 0.1) is 21.1 Å². The molecule has 0 atom stereocenters. The average Bonchev–Trinajstić information content (AvgIpc) is 2.93. The van der Waals surface area contributed by atoms with Crippen LogP contribution < -0.4 is 76.7 Å². The normalized spacial score (nSPS) is 12.7. The molecule has 0 fully saturated rings. The molecule has 8 heteroatoms. The van der Waals surface area contributed by atoms with Crippen molar-refractivity contribution in [1.29, 1.82) is 0 Å². The van der Waals surface area contributed by atoms with Crippen LogP contribution >= 0.6 is 0 Å². The third kappa shape index (κ3) is 14.9. The average molecular weight is 938 g/mol. The van der Waals surface area contributed by atoms with Crippen LogP contribution in [0.15, 0.2) is 72.8 Å². The van der Waals surface area contributed by atoms with Crippen molar-refractivity contribution >= 4 is 35.7 Å². The molecule has 3 rings (SSSR count). The van der Waals surface area contributed by atoms with E-state index in [9.17, 15) is 0 Å². The van der Waals surface area contributed by atoms with Gasteiger partial charge in [0.15, 0.2) is 6.67 Å². The quantitative estimate of drug-likeness (QED) is 0.0322. The summed E-state index contributed by atoms with van der Waals surface area (Å²) in [6.07, 6.45) is 8.81. The van der Waals surface area contributed by atoms with Gasteiger partial charge in [0.1, 0.15) is 0 Å². The number of hydrogen-bond acceptors (Lipinski definition) is 2. The smallest absolute Gasteiger partial charge is 0.0380 e. The Morgan fingerprint density at radius 3 is 1.07 bits per heavy atom. The van der Waals surface area contributed by atoms with Gasteiger partial charge in [0.25, 0.3) is 0 Å².